The molecule has 0 aliphatic heterocycles. The van der Waals surface area contributed by atoms with Gasteiger partial charge in [0.25, 0.3) is 5.56 Å². The first-order valence-electron chi connectivity index (χ1n) is 11.4. The predicted molar refractivity (Wildman–Crippen MR) is 134 cm³/mol. The van der Waals surface area contributed by atoms with E-state index in [-0.39, 0.29) is 29.2 Å². The quantitative estimate of drug-likeness (QED) is 0.179. The molecule has 0 aliphatic carbocycles. The van der Waals surface area contributed by atoms with Crippen LogP contribution in [0.25, 0.3) is 11.4 Å². The van der Waals surface area contributed by atoms with Gasteiger partial charge < -0.3 is 10.1 Å². The van der Waals surface area contributed by atoms with Crippen molar-refractivity contribution in [2.45, 2.75) is 50.7 Å². The molecule has 0 fully saturated rings. The summed E-state index contributed by atoms with van der Waals surface area (Å²) in [4.78, 5) is 27.8. The Hall–Kier alpha value is -3.41. The molecular weight excluding hydrogens is 517 g/mol. The molecule has 1 N–H and O–H groups in total. The monoisotopic (exact) mass is 545 g/mol. The molecule has 0 amide bonds. The van der Waals surface area contributed by atoms with Crippen LogP contribution in [0.5, 0.6) is 0 Å². The number of ether oxygens (including phenoxy) is 1. The molecule has 0 saturated heterocycles. The van der Waals surface area contributed by atoms with Gasteiger partial charge in [-0.15, -0.1) is 0 Å². The van der Waals surface area contributed by atoms with Crippen molar-refractivity contribution in [2.24, 2.45) is 0 Å². The Labute approximate surface area is 211 Å². The summed E-state index contributed by atoms with van der Waals surface area (Å²) < 4.78 is 71.8. The highest BCUT2D eigenvalue weighted by atomic mass is 32.5. The van der Waals surface area contributed by atoms with Crippen molar-refractivity contribution in [3.8, 4) is 11.4 Å². The molecule has 1 heterocycles. The van der Waals surface area contributed by atoms with Crippen molar-refractivity contribution in [1.82, 2.24) is 9.55 Å². The second-order valence-corrected chi connectivity index (χ2v) is 11.9. The van der Waals surface area contributed by atoms with E-state index in [0.717, 1.165) is 28.7 Å². The number of nitrogens with zero attached hydrogens (tertiary/aromatic N) is 2. The molecule has 0 atom stereocenters. The standard InChI is InChI=1S/C25H28F5N3O3S/c1-25(2,3)36-22(34)17-33-23(19-11-13-20(14-12-19)37(26,27,28,29)30)32-16-21(24(33)35)31-15-7-10-18-8-5-4-6-9-18/h4-6,8-9,11-14,16,31H,7,10,15,17H2,1-3H3. The van der Waals surface area contributed by atoms with Crippen molar-refractivity contribution in [2.75, 3.05) is 11.9 Å². The summed E-state index contributed by atoms with van der Waals surface area (Å²) >= 11 is 0. The lowest BCUT2D eigenvalue weighted by molar-refractivity contribution is -0.155. The van der Waals surface area contributed by atoms with Crippen molar-refractivity contribution in [1.29, 1.82) is 0 Å². The second kappa shape index (κ2) is 9.47. The minimum atomic E-state index is -9.87. The summed E-state index contributed by atoms with van der Waals surface area (Å²) in [6.07, 6.45) is 2.64. The normalized spacial score (nSPS) is 13.9. The molecule has 6 nitrogen and oxygen atoms in total. The highest BCUT2D eigenvalue weighted by molar-refractivity contribution is 8.45. The smallest absolute Gasteiger partial charge is 0.326 e. The number of esters is 1. The predicted octanol–water partition coefficient (Wildman–Crippen LogP) is 6.95. The van der Waals surface area contributed by atoms with E-state index in [9.17, 15) is 29.0 Å². The highest BCUT2D eigenvalue weighted by Gasteiger charge is 2.65. The van der Waals surface area contributed by atoms with Crippen molar-refractivity contribution in [3.63, 3.8) is 0 Å². The zero-order valence-electron chi connectivity index (χ0n) is 20.5. The summed E-state index contributed by atoms with van der Waals surface area (Å²) in [6, 6.07) is 11.7. The van der Waals surface area contributed by atoms with Crippen molar-refractivity contribution in [3.05, 3.63) is 76.7 Å². The van der Waals surface area contributed by atoms with Gasteiger partial charge in [0.2, 0.25) is 0 Å². The summed E-state index contributed by atoms with van der Waals surface area (Å²) in [5, 5.41) is 2.97. The van der Waals surface area contributed by atoms with Crippen LogP contribution < -0.4 is 10.9 Å². The number of hydrogen-bond donors (Lipinski definition) is 1. The molecular formula is C25H28F5N3O3S. The molecule has 2 aromatic carbocycles. The minimum absolute atomic E-state index is 0.0538. The number of halogens is 5. The van der Waals surface area contributed by atoms with E-state index in [1.807, 2.05) is 30.3 Å². The number of benzene rings is 2. The van der Waals surface area contributed by atoms with Crippen LogP contribution in [-0.4, -0.2) is 27.7 Å². The van der Waals surface area contributed by atoms with E-state index in [4.69, 9.17) is 4.74 Å². The fourth-order valence-corrected chi connectivity index (χ4v) is 4.17. The van der Waals surface area contributed by atoms with Crippen LogP contribution in [0, 0.1) is 0 Å². The first-order valence-corrected chi connectivity index (χ1v) is 13.3. The molecule has 0 saturated carbocycles. The Morgan fingerprint density at radius 1 is 1.00 bits per heavy atom. The van der Waals surface area contributed by atoms with Gasteiger partial charge in [-0.2, -0.15) is 0 Å². The SMILES string of the molecule is CC(C)(C)OC(=O)Cn1c(-c2ccc(S(F)(F)(F)(F)F)cc2)ncc(NCCCc2ccccc2)c1=O. The summed E-state index contributed by atoms with van der Waals surface area (Å²) in [5.74, 6) is -0.943. The van der Waals surface area contributed by atoms with Gasteiger partial charge in [-0.05, 0) is 63.4 Å². The average Bonchev–Trinajstić information content (AvgIpc) is 2.77. The van der Waals surface area contributed by atoms with Gasteiger partial charge in [0.15, 0.2) is 0 Å². The van der Waals surface area contributed by atoms with E-state index in [1.54, 1.807) is 20.8 Å². The zero-order chi connectivity index (χ0) is 27.5. The molecule has 202 valence electrons. The van der Waals surface area contributed by atoms with E-state index < -0.39 is 38.8 Å². The number of hydrogen-bond acceptors (Lipinski definition) is 5. The molecule has 12 heteroatoms. The lowest BCUT2D eigenvalue weighted by Gasteiger charge is -2.40. The number of anilines is 1. The number of rotatable bonds is 9. The van der Waals surface area contributed by atoms with Gasteiger partial charge in [0, 0.05) is 12.1 Å². The minimum Gasteiger partial charge on any atom is -0.459 e. The van der Waals surface area contributed by atoms with Gasteiger partial charge in [-0.25, -0.2) is 4.98 Å². The number of aryl methyl sites for hydroxylation is 1. The van der Waals surface area contributed by atoms with Gasteiger partial charge in [-0.3, -0.25) is 14.2 Å². The lowest BCUT2D eigenvalue weighted by atomic mass is 10.1. The highest BCUT2D eigenvalue weighted by Crippen LogP contribution is 3.02. The second-order valence-electron chi connectivity index (χ2n) is 9.48. The largest absolute Gasteiger partial charge is 0.459 e. The fraction of sp³-hybridized carbons (Fsp3) is 0.320. The van der Waals surface area contributed by atoms with Gasteiger partial charge in [-0.1, -0.05) is 49.8 Å². The first kappa shape index (κ1) is 28.2. The van der Waals surface area contributed by atoms with Crippen LogP contribution in [0.4, 0.5) is 25.1 Å². The maximum absolute atomic E-state index is 13.2. The van der Waals surface area contributed by atoms with Gasteiger partial charge in [0.1, 0.15) is 28.6 Å². The lowest BCUT2D eigenvalue weighted by Crippen LogP contribution is -2.33. The molecule has 3 rings (SSSR count). The number of aromatic nitrogens is 2. The summed E-state index contributed by atoms with van der Waals surface area (Å²) in [7, 11) is -9.87. The molecule has 37 heavy (non-hydrogen) atoms. The maximum Gasteiger partial charge on any atom is 0.326 e. The van der Waals surface area contributed by atoms with E-state index in [0.29, 0.717) is 13.0 Å². The first-order chi connectivity index (χ1) is 16.9. The number of carbonyl (C=O) groups is 1. The third kappa shape index (κ3) is 8.04. The molecule has 0 aliphatic rings. The molecule has 0 bridgehead atoms. The topological polar surface area (TPSA) is 73.2 Å². The molecule has 0 radical (unpaired) electrons. The van der Waals surface area contributed by atoms with E-state index in [2.05, 4.69) is 10.3 Å². The molecule has 1 aromatic heterocycles. The third-order valence-electron chi connectivity index (χ3n) is 5.11. The van der Waals surface area contributed by atoms with Crippen LogP contribution in [0.15, 0.2) is 70.5 Å². The molecule has 3 aromatic rings. The molecule has 0 unspecified atom stereocenters. The zero-order valence-corrected chi connectivity index (χ0v) is 21.3. The van der Waals surface area contributed by atoms with Crippen LogP contribution in [0.1, 0.15) is 32.8 Å². The Balaban J connectivity index is 1.90. The Morgan fingerprint density at radius 3 is 2.19 bits per heavy atom. The van der Waals surface area contributed by atoms with E-state index >= 15 is 0 Å². The van der Waals surface area contributed by atoms with E-state index in [1.165, 1.54) is 6.20 Å². The Bertz CT molecular complexity index is 1320. The van der Waals surface area contributed by atoms with Crippen LogP contribution >= 0.6 is 10.2 Å². The Kier molecular flexibility index (Phi) is 7.21. The van der Waals surface area contributed by atoms with Crippen LogP contribution in [-0.2, 0) is 22.5 Å². The van der Waals surface area contributed by atoms with Gasteiger partial charge >= 0.3 is 16.2 Å². The van der Waals surface area contributed by atoms with Crippen LogP contribution in [0.2, 0.25) is 0 Å². The van der Waals surface area contributed by atoms with Crippen molar-refractivity contribution >= 4 is 21.9 Å². The summed E-state index contributed by atoms with van der Waals surface area (Å²) in [6.45, 7) is 4.74. The van der Waals surface area contributed by atoms with Gasteiger partial charge in [0.05, 0.1) is 6.20 Å². The Morgan fingerprint density at radius 2 is 1.62 bits per heavy atom. The average molecular weight is 546 g/mol. The fourth-order valence-electron chi connectivity index (χ4n) is 3.51. The van der Waals surface area contributed by atoms with Crippen LogP contribution in [0.3, 0.4) is 0 Å². The maximum atomic E-state index is 13.2. The molecule has 0 spiro atoms. The summed E-state index contributed by atoms with van der Waals surface area (Å²) in [5.41, 5.74) is -0.376. The van der Waals surface area contributed by atoms with Crippen molar-refractivity contribution < 1.29 is 29.0 Å². The number of nitrogens with one attached hydrogen (secondary N) is 1. The number of carbonyl (C=O) groups excluding carboxylic acids is 1. The third-order valence-corrected chi connectivity index (χ3v) is 6.28.